The Bertz CT molecular complexity index is 1050. The molecule has 0 aliphatic heterocycles. The van der Waals surface area contributed by atoms with Gasteiger partial charge >= 0.3 is 0 Å². The van der Waals surface area contributed by atoms with E-state index in [1.54, 1.807) is 7.11 Å². The molecule has 0 spiro atoms. The molecule has 0 bridgehead atoms. The molecule has 5 nitrogen and oxygen atoms in total. The van der Waals surface area contributed by atoms with Crippen molar-refractivity contribution in [3.8, 4) is 34.3 Å². The summed E-state index contributed by atoms with van der Waals surface area (Å²) in [5, 5.41) is 4.09. The van der Waals surface area contributed by atoms with Crippen LogP contribution in [0.25, 0.3) is 22.8 Å². The van der Waals surface area contributed by atoms with Crippen molar-refractivity contribution in [2.75, 3.05) is 7.11 Å². The third kappa shape index (κ3) is 4.04. The van der Waals surface area contributed by atoms with Crippen LogP contribution < -0.4 is 9.47 Å². The summed E-state index contributed by atoms with van der Waals surface area (Å²) in [6, 6.07) is 23.5. The Morgan fingerprint density at radius 2 is 1.61 bits per heavy atom. The number of nitrogens with zero attached hydrogens (tertiary/aromatic N) is 2. The van der Waals surface area contributed by atoms with Crippen molar-refractivity contribution in [2.24, 2.45) is 0 Å². The Kier molecular flexibility index (Phi) is 5.06. The Morgan fingerprint density at radius 1 is 0.857 bits per heavy atom. The highest BCUT2D eigenvalue weighted by atomic mass is 16.5. The summed E-state index contributed by atoms with van der Waals surface area (Å²) in [6.07, 6.45) is 0. The fraction of sp³-hybridized carbons (Fsp3) is 0.130. The molecule has 0 saturated carbocycles. The molecule has 0 aliphatic rings. The first-order chi connectivity index (χ1) is 13.7. The number of rotatable bonds is 6. The van der Waals surface area contributed by atoms with Crippen molar-refractivity contribution >= 4 is 0 Å². The third-order valence-electron chi connectivity index (χ3n) is 4.38. The minimum Gasteiger partial charge on any atom is -0.497 e. The maximum atomic E-state index is 5.85. The lowest BCUT2D eigenvalue weighted by Gasteiger charge is -2.08. The summed E-state index contributed by atoms with van der Waals surface area (Å²) in [7, 11) is 1.65. The first-order valence-electron chi connectivity index (χ1n) is 8.98. The molecule has 0 atom stereocenters. The standard InChI is InChI=1S/C23H20N2O3/c1-16-6-8-19(9-7-16)23-24-22(25-28-23)18-10-12-20(13-11-18)27-15-17-4-3-5-21(14-17)26-2/h3-14H,15H2,1-2H3. The van der Waals surface area contributed by atoms with Crippen molar-refractivity contribution in [3.05, 3.63) is 83.9 Å². The Labute approximate surface area is 163 Å². The molecule has 0 unspecified atom stereocenters. The fourth-order valence-corrected chi connectivity index (χ4v) is 2.78. The molecule has 28 heavy (non-hydrogen) atoms. The number of methoxy groups -OCH3 is 1. The SMILES string of the molecule is COc1cccc(COc2ccc(-c3noc(-c4ccc(C)cc4)n3)cc2)c1. The molecule has 0 radical (unpaired) electrons. The molecule has 4 aromatic rings. The molecular formula is C23H20N2O3. The smallest absolute Gasteiger partial charge is 0.258 e. The predicted octanol–water partition coefficient (Wildman–Crippen LogP) is 5.30. The van der Waals surface area contributed by atoms with Crippen LogP contribution in [0, 0.1) is 6.92 Å². The predicted molar refractivity (Wildman–Crippen MR) is 107 cm³/mol. The van der Waals surface area contributed by atoms with E-state index in [4.69, 9.17) is 14.0 Å². The summed E-state index contributed by atoms with van der Waals surface area (Å²) in [5.74, 6) is 2.65. The lowest BCUT2D eigenvalue weighted by molar-refractivity contribution is 0.305. The molecular weight excluding hydrogens is 352 g/mol. The molecule has 0 saturated heterocycles. The maximum absolute atomic E-state index is 5.85. The zero-order valence-electron chi connectivity index (χ0n) is 15.8. The molecule has 140 valence electrons. The van der Waals surface area contributed by atoms with Gasteiger partial charge in [0.2, 0.25) is 5.82 Å². The minimum atomic E-state index is 0.469. The molecule has 3 aromatic carbocycles. The summed E-state index contributed by atoms with van der Waals surface area (Å²) < 4.78 is 16.5. The molecule has 0 amide bonds. The Hall–Kier alpha value is -3.60. The first kappa shape index (κ1) is 17.8. The largest absolute Gasteiger partial charge is 0.497 e. The van der Waals surface area contributed by atoms with Crippen LogP contribution in [-0.4, -0.2) is 17.3 Å². The summed E-state index contributed by atoms with van der Waals surface area (Å²) in [6.45, 7) is 2.51. The van der Waals surface area contributed by atoms with Gasteiger partial charge < -0.3 is 14.0 Å². The number of aromatic nitrogens is 2. The first-order valence-corrected chi connectivity index (χ1v) is 8.98. The van der Waals surface area contributed by atoms with Gasteiger partial charge in [0.05, 0.1) is 7.11 Å². The van der Waals surface area contributed by atoms with Gasteiger partial charge in [-0.05, 0) is 61.0 Å². The van der Waals surface area contributed by atoms with E-state index >= 15 is 0 Å². The van der Waals surface area contributed by atoms with Gasteiger partial charge in [-0.25, -0.2) is 0 Å². The summed E-state index contributed by atoms with van der Waals surface area (Å²) in [4.78, 5) is 4.49. The molecule has 0 fully saturated rings. The van der Waals surface area contributed by atoms with E-state index in [-0.39, 0.29) is 0 Å². The van der Waals surface area contributed by atoms with Crippen molar-refractivity contribution in [1.82, 2.24) is 10.1 Å². The van der Waals surface area contributed by atoms with E-state index in [1.807, 2.05) is 79.7 Å². The van der Waals surface area contributed by atoms with Gasteiger partial charge in [0, 0.05) is 11.1 Å². The maximum Gasteiger partial charge on any atom is 0.258 e. The molecule has 1 heterocycles. The molecule has 0 aliphatic carbocycles. The number of benzene rings is 3. The van der Waals surface area contributed by atoms with Crippen LogP contribution in [0.4, 0.5) is 0 Å². The van der Waals surface area contributed by atoms with Crippen LogP contribution in [0.2, 0.25) is 0 Å². The molecule has 1 aromatic heterocycles. The van der Waals surface area contributed by atoms with Crippen LogP contribution in [0.15, 0.2) is 77.3 Å². The molecule has 5 heteroatoms. The van der Waals surface area contributed by atoms with Gasteiger partial charge in [-0.1, -0.05) is 35.0 Å². The number of hydrogen-bond acceptors (Lipinski definition) is 5. The van der Waals surface area contributed by atoms with Crippen LogP contribution >= 0.6 is 0 Å². The van der Waals surface area contributed by atoms with E-state index in [0.717, 1.165) is 28.2 Å². The van der Waals surface area contributed by atoms with Crippen LogP contribution in [0.1, 0.15) is 11.1 Å². The second kappa shape index (κ2) is 7.96. The van der Waals surface area contributed by atoms with Gasteiger partial charge in [-0.2, -0.15) is 4.98 Å². The zero-order chi connectivity index (χ0) is 19.3. The van der Waals surface area contributed by atoms with Crippen LogP contribution in [-0.2, 0) is 6.61 Å². The second-order valence-corrected chi connectivity index (χ2v) is 6.45. The lowest BCUT2D eigenvalue weighted by Crippen LogP contribution is -1.96. The second-order valence-electron chi connectivity index (χ2n) is 6.45. The quantitative estimate of drug-likeness (QED) is 0.460. The number of ether oxygens (including phenoxy) is 2. The topological polar surface area (TPSA) is 57.4 Å². The highest BCUT2D eigenvalue weighted by molar-refractivity contribution is 5.60. The van der Waals surface area contributed by atoms with E-state index in [0.29, 0.717) is 18.3 Å². The summed E-state index contributed by atoms with van der Waals surface area (Å²) >= 11 is 0. The molecule has 4 rings (SSSR count). The van der Waals surface area contributed by atoms with Gasteiger partial charge in [0.25, 0.3) is 5.89 Å². The zero-order valence-corrected chi connectivity index (χ0v) is 15.8. The van der Waals surface area contributed by atoms with E-state index in [1.165, 1.54) is 5.56 Å². The van der Waals surface area contributed by atoms with Crippen LogP contribution in [0.5, 0.6) is 11.5 Å². The average molecular weight is 372 g/mol. The van der Waals surface area contributed by atoms with Crippen LogP contribution in [0.3, 0.4) is 0 Å². The highest BCUT2D eigenvalue weighted by Gasteiger charge is 2.10. The van der Waals surface area contributed by atoms with Gasteiger partial charge in [-0.15, -0.1) is 0 Å². The Morgan fingerprint density at radius 3 is 2.36 bits per heavy atom. The number of aryl methyl sites for hydroxylation is 1. The monoisotopic (exact) mass is 372 g/mol. The van der Waals surface area contributed by atoms with Crippen molar-refractivity contribution in [2.45, 2.75) is 13.5 Å². The highest BCUT2D eigenvalue weighted by Crippen LogP contribution is 2.24. The fourth-order valence-electron chi connectivity index (χ4n) is 2.78. The summed E-state index contributed by atoms with van der Waals surface area (Å²) in [5.41, 5.74) is 4.01. The lowest BCUT2D eigenvalue weighted by atomic mass is 10.1. The molecule has 0 N–H and O–H groups in total. The Balaban J connectivity index is 1.44. The van der Waals surface area contributed by atoms with Gasteiger partial charge in [0.1, 0.15) is 18.1 Å². The minimum absolute atomic E-state index is 0.469. The van der Waals surface area contributed by atoms with Gasteiger partial charge in [-0.3, -0.25) is 0 Å². The van der Waals surface area contributed by atoms with Crippen molar-refractivity contribution in [3.63, 3.8) is 0 Å². The van der Waals surface area contributed by atoms with E-state index < -0.39 is 0 Å². The average Bonchev–Trinajstić information content (AvgIpc) is 3.23. The van der Waals surface area contributed by atoms with E-state index in [9.17, 15) is 0 Å². The van der Waals surface area contributed by atoms with Crippen molar-refractivity contribution < 1.29 is 14.0 Å². The van der Waals surface area contributed by atoms with E-state index in [2.05, 4.69) is 10.1 Å². The normalized spacial score (nSPS) is 10.6. The third-order valence-corrected chi connectivity index (χ3v) is 4.38. The van der Waals surface area contributed by atoms with Gasteiger partial charge in [0.15, 0.2) is 0 Å². The number of hydrogen-bond donors (Lipinski definition) is 0. The van der Waals surface area contributed by atoms with Crippen molar-refractivity contribution in [1.29, 1.82) is 0 Å².